The van der Waals surface area contributed by atoms with Crippen molar-refractivity contribution in [1.82, 2.24) is 0 Å². The molecular weight excluding hydrogens is 234 g/mol. The highest BCUT2D eigenvalue weighted by atomic mass is 32.2. The molecule has 1 aliphatic rings. The summed E-state index contributed by atoms with van der Waals surface area (Å²) in [6.45, 7) is 4.23. The van der Waals surface area contributed by atoms with Gasteiger partial charge in [0.25, 0.3) is 0 Å². The second kappa shape index (κ2) is 5.31. The number of nitrogens with two attached hydrogens (primary N) is 1. The van der Waals surface area contributed by atoms with Crippen molar-refractivity contribution in [3.63, 3.8) is 0 Å². The van der Waals surface area contributed by atoms with Crippen LogP contribution in [0.15, 0.2) is 29.4 Å². The molecule has 0 amide bonds. The Labute approximate surface area is 105 Å². The number of hydrogen-bond acceptors (Lipinski definition) is 4. The van der Waals surface area contributed by atoms with Crippen LogP contribution in [0.5, 0.6) is 0 Å². The number of rotatable bonds is 2. The number of amidine groups is 1. The molecule has 0 bridgehead atoms. The molecule has 0 aromatic heterocycles. The predicted octanol–water partition coefficient (Wildman–Crippen LogP) is 1.72. The van der Waals surface area contributed by atoms with Crippen LogP contribution >= 0.6 is 11.8 Å². The highest BCUT2D eigenvalue weighted by Gasteiger charge is 2.19. The number of hydrogen-bond donors (Lipinski definition) is 2. The molecule has 3 N–H and O–H groups in total. The van der Waals surface area contributed by atoms with Gasteiger partial charge < -0.3 is 15.8 Å². The van der Waals surface area contributed by atoms with Gasteiger partial charge >= 0.3 is 0 Å². The molecule has 1 unspecified atom stereocenters. The van der Waals surface area contributed by atoms with Gasteiger partial charge in [0.1, 0.15) is 0 Å². The molecule has 1 heterocycles. The average molecular weight is 251 g/mol. The van der Waals surface area contributed by atoms with Crippen molar-refractivity contribution in [2.45, 2.75) is 12.2 Å². The first-order chi connectivity index (χ1) is 8.22. The fourth-order valence-electron chi connectivity index (χ4n) is 2.06. The smallest absolute Gasteiger partial charge is 0.172 e. The van der Waals surface area contributed by atoms with Crippen LogP contribution in [0.25, 0.3) is 0 Å². The van der Waals surface area contributed by atoms with Crippen LogP contribution < -0.4 is 10.6 Å². The Morgan fingerprint density at radius 3 is 3.00 bits per heavy atom. The van der Waals surface area contributed by atoms with Gasteiger partial charge in [-0.05, 0) is 12.1 Å². The monoisotopic (exact) mass is 251 g/mol. The summed E-state index contributed by atoms with van der Waals surface area (Å²) >= 11 is 1.98. The minimum absolute atomic E-state index is 0.173. The number of benzene rings is 1. The number of para-hydroxylation sites is 1. The van der Waals surface area contributed by atoms with Crippen LogP contribution in [0, 0.1) is 0 Å². The Balaban J connectivity index is 2.31. The van der Waals surface area contributed by atoms with Crippen LogP contribution in [0.2, 0.25) is 0 Å². The Morgan fingerprint density at radius 1 is 1.53 bits per heavy atom. The molecule has 92 valence electrons. The quantitative estimate of drug-likeness (QED) is 0.364. The van der Waals surface area contributed by atoms with E-state index in [-0.39, 0.29) is 5.84 Å². The van der Waals surface area contributed by atoms with Gasteiger partial charge in [-0.1, -0.05) is 24.2 Å². The molecule has 0 saturated carbocycles. The van der Waals surface area contributed by atoms with E-state index in [1.165, 1.54) is 0 Å². The topological polar surface area (TPSA) is 61.8 Å². The summed E-state index contributed by atoms with van der Waals surface area (Å²) < 4.78 is 0. The third kappa shape index (κ3) is 2.66. The Morgan fingerprint density at radius 2 is 2.29 bits per heavy atom. The minimum atomic E-state index is 0.173. The zero-order valence-corrected chi connectivity index (χ0v) is 10.7. The third-order valence-corrected chi connectivity index (χ3v) is 4.01. The fraction of sp³-hybridized carbons (Fsp3) is 0.417. The van der Waals surface area contributed by atoms with E-state index in [4.69, 9.17) is 10.9 Å². The van der Waals surface area contributed by atoms with Crippen molar-refractivity contribution in [2.24, 2.45) is 10.9 Å². The molecule has 0 aliphatic carbocycles. The molecule has 1 atom stereocenters. The number of oxime groups is 1. The minimum Gasteiger partial charge on any atom is -0.409 e. The maximum absolute atomic E-state index is 8.80. The van der Waals surface area contributed by atoms with E-state index >= 15 is 0 Å². The summed E-state index contributed by atoms with van der Waals surface area (Å²) in [4.78, 5) is 2.30. The van der Waals surface area contributed by atoms with E-state index in [0.29, 0.717) is 5.25 Å². The summed E-state index contributed by atoms with van der Waals surface area (Å²) in [6, 6.07) is 7.79. The second-order valence-electron chi connectivity index (χ2n) is 4.13. The first-order valence-corrected chi connectivity index (χ1v) is 6.70. The molecule has 1 aliphatic heterocycles. The van der Waals surface area contributed by atoms with Gasteiger partial charge in [0.15, 0.2) is 5.84 Å². The van der Waals surface area contributed by atoms with E-state index in [2.05, 4.69) is 17.0 Å². The summed E-state index contributed by atoms with van der Waals surface area (Å²) in [5.41, 5.74) is 7.56. The number of nitrogens with zero attached hydrogens (tertiary/aromatic N) is 2. The van der Waals surface area contributed by atoms with Gasteiger partial charge in [0.05, 0.1) is 0 Å². The van der Waals surface area contributed by atoms with E-state index in [1.807, 2.05) is 36.0 Å². The Kier molecular flexibility index (Phi) is 3.78. The fourth-order valence-corrected chi connectivity index (χ4v) is 3.07. The SMILES string of the molecule is CC1CN(c2ccccc2/C(N)=N/O)CCS1. The van der Waals surface area contributed by atoms with Crippen LogP contribution in [0.1, 0.15) is 12.5 Å². The van der Waals surface area contributed by atoms with Crippen molar-refractivity contribution < 1.29 is 5.21 Å². The average Bonchev–Trinajstić information content (AvgIpc) is 2.38. The van der Waals surface area contributed by atoms with Gasteiger partial charge in [-0.25, -0.2) is 0 Å². The zero-order valence-electron chi connectivity index (χ0n) is 9.84. The Bertz CT molecular complexity index is 422. The lowest BCUT2D eigenvalue weighted by atomic mass is 10.1. The first-order valence-electron chi connectivity index (χ1n) is 5.66. The molecule has 1 aromatic rings. The molecule has 1 fully saturated rings. The summed E-state index contributed by atoms with van der Waals surface area (Å²) in [7, 11) is 0. The maximum atomic E-state index is 8.80. The van der Waals surface area contributed by atoms with Gasteiger partial charge in [0.2, 0.25) is 0 Å². The van der Waals surface area contributed by atoms with E-state index in [0.717, 1.165) is 30.1 Å². The van der Waals surface area contributed by atoms with Crippen LogP contribution in [0.4, 0.5) is 5.69 Å². The van der Waals surface area contributed by atoms with E-state index < -0.39 is 0 Å². The lowest BCUT2D eigenvalue weighted by Gasteiger charge is -2.33. The Hall–Kier alpha value is -1.36. The maximum Gasteiger partial charge on any atom is 0.172 e. The first kappa shape index (κ1) is 12.1. The molecule has 1 aromatic carbocycles. The van der Waals surface area contributed by atoms with Crippen molar-refractivity contribution >= 4 is 23.3 Å². The predicted molar refractivity (Wildman–Crippen MR) is 73.1 cm³/mol. The molecule has 1 saturated heterocycles. The van der Waals surface area contributed by atoms with E-state index in [1.54, 1.807) is 0 Å². The molecule has 0 radical (unpaired) electrons. The van der Waals surface area contributed by atoms with Gasteiger partial charge in [-0.15, -0.1) is 0 Å². The molecular formula is C12H17N3OS. The normalized spacial score (nSPS) is 21.6. The van der Waals surface area contributed by atoms with E-state index in [9.17, 15) is 0 Å². The molecule has 2 rings (SSSR count). The van der Waals surface area contributed by atoms with Crippen LogP contribution in [-0.2, 0) is 0 Å². The van der Waals surface area contributed by atoms with Crippen molar-refractivity contribution in [3.8, 4) is 0 Å². The van der Waals surface area contributed by atoms with Crippen molar-refractivity contribution in [1.29, 1.82) is 0 Å². The summed E-state index contributed by atoms with van der Waals surface area (Å²) in [5.74, 6) is 1.29. The standard InChI is InChI=1S/C12H17N3OS/c1-9-8-15(6-7-17-9)11-5-3-2-4-10(11)12(13)14-16/h2-5,9,16H,6-8H2,1H3,(H2,13,14). The second-order valence-corrected chi connectivity index (χ2v) is 5.68. The zero-order chi connectivity index (χ0) is 12.3. The van der Waals surface area contributed by atoms with Crippen molar-refractivity contribution in [3.05, 3.63) is 29.8 Å². The lowest BCUT2D eigenvalue weighted by Crippen LogP contribution is -2.37. The molecule has 4 nitrogen and oxygen atoms in total. The summed E-state index contributed by atoms with van der Waals surface area (Å²) in [6.07, 6.45) is 0. The number of thioether (sulfide) groups is 1. The third-order valence-electron chi connectivity index (χ3n) is 2.87. The van der Waals surface area contributed by atoms with Gasteiger partial charge in [-0.3, -0.25) is 0 Å². The van der Waals surface area contributed by atoms with Gasteiger partial charge in [-0.2, -0.15) is 11.8 Å². The highest BCUT2D eigenvalue weighted by molar-refractivity contribution is 8.00. The largest absolute Gasteiger partial charge is 0.409 e. The molecule has 0 spiro atoms. The van der Waals surface area contributed by atoms with Crippen LogP contribution in [0.3, 0.4) is 0 Å². The molecule has 5 heteroatoms. The summed E-state index contributed by atoms with van der Waals surface area (Å²) in [5, 5.41) is 12.5. The number of anilines is 1. The van der Waals surface area contributed by atoms with Gasteiger partial charge in [0, 0.05) is 35.3 Å². The van der Waals surface area contributed by atoms with Crippen molar-refractivity contribution in [2.75, 3.05) is 23.7 Å². The molecule has 17 heavy (non-hydrogen) atoms. The van der Waals surface area contributed by atoms with Crippen LogP contribution in [-0.4, -0.2) is 35.1 Å². The lowest BCUT2D eigenvalue weighted by molar-refractivity contribution is 0.318. The highest BCUT2D eigenvalue weighted by Crippen LogP contribution is 2.26.